The van der Waals surface area contributed by atoms with E-state index in [2.05, 4.69) is 15.9 Å². The molecule has 0 bridgehead atoms. The van der Waals surface area contributed by atoms with E-state index in [1.807, 2.05) is 0 Å². The Morgan fingerprint density at radius 2 is 1.85 bits per heavy atom. The van der Waals surface area contributed by atoms with Crippen LogP contribution in [0, 0.1) is 5.82 Å². The van der Waals surface area contributed by atoms with Crippen LogP contribution in [0.3, 0.4) is 0 Å². The second kappa shape index (κ2) is 5.16. The van der Waals surface area contributed by atoms with E-state index >= 15 is 0 Å². The molecule has 2 aromatic rings. The summed E-state index contributed by atoms with van der Waals surface area (Å²) in [6.07, 6.45) is 1.16. The maximum absolute atomic E-state index is 13.4. The monoisotopic (exact) mass is 340 g/mol. The first-order valence-electron chi connectivity index (χ1n) is 5.60. The third kappa shape index (κ3) is 2.24. The van der Waals surface area contributed by atoms with Gasteiger partial charge in [0.05, 0.1) is 4.47 Å². The number of aryl methyl sites for hydroxylation is 1. The fourth-order valence-corrected chi connectivity index (χ4v) is 2.23. The molecule has 1 aromatic carbocycles. The Morgan fingerprint density at radius 1 is 1.20 bits per heavy atom. The fraction of sp³-hybridized carbons (Fsp3) is 0.154. The minimum atomic E-state index is -0.714. The Kier molecular flexibility index (Phi) is 3.71. The van der Waals surface area contributed by atoms with E-state index < -0.39 is 22.8 Å². The smallest absolute Gasteiger partial charge is 0.303 e. The molecule has 0 saturated heterocycles. The van der Waals surface area contributed by atoms with Gasteiger partial charge in [-0.3, -0.25) is 14.2 Å². The summed E-state index contributed by atoms with van der Waals surface area (Å²) in [5.74, 6) is -1.25. The Hall–Kier alpha value is -2.02. The van der Waals surface area contributed by atoms with Gasteiger partial charge in [0, 0.05) is 25.9 Å². The normalized spacial score (nSPS) is 10.6. The van der Waals surface area contributed by atoms with E-state index in [-0.39, 0.29) is 15.6 Å². The third-order valence-electron chi connectivity index (χ3n) is 2.89. The Bertz CT molecular complexity index is 823. The van der Waals surface area contributed by atoms with Crippen LogP contribution in [-0.4, -0.2) is 14.9 Å². The molecule has 7 heteroatoms. The van der Waals surface area contributed by atoms with Crippen molar-refractivity contribution in [3.05, 3.63) is 66.7 Å². The third-order valence-corrected chi connectivity index (χ3v) is 3.69. The van der Waals surface area contributed by atoms with Crippen LogP contribution in [-0.2, 0) is 14.1 Å². The predicted molar refractivity (Wildman–Crippen MR) is 74.5 cm³/mol. The molecule has 0 spiro atoms. The molecule has 0 aliphatic rings. The molecule has 0 atom stereocenters. The highest BCUT2D eigenvalue weighted by molar-refractivity contribution is 9.10. The quantitative estimate of drug-likeness (QED) is 0.772. The van der Waals surface area contributed by atoms with Crippen molar-refractivity contribution in [2.75, 3.05) is 0 Å². The number of hydrogen-bond acceptors (Lipinski definition) is 3. The van der Waals surface area contributed by atoms with Crippen molar-refractivity contribution in [3.63, 3.8) is 0 Å². The van der Waals surface area contributed by atoms with Crippen molar-refractivity contribution in [3.8, 4) is 0 Å². The minimum Gasteiger partial charge on any atom is -0.303 e. The lowest BCUT2D eigenvalue weighted by Crippen LogP contribution is -2.39. The SMILES string of the molecule is Cn1cc(C(=O)c2cccc(F)c2Br)c(=O)n(C)c1=O. The number of nitrogens with zero attached hydrogens (tertiary/aromatic N) is 2. The summed E-state index contributed by atoms with van der Waals surface area (Å²) >= 11 is 2.98. The summed E-state index contributed by atoms with van der Waals surface area (Å²) in [6.45, 7) is 0. The summed E-state index contributed by atoms with van der Waals surface area (Å²) in [5, 5.41) is 0. The Labute approximate surface area is 121 Å². The van der Waals surface area contributed by atoms with Crippen LogP contribution >= 0.6 is 15.9 Å². The number of carbonyl (C=O) groups is 1. The zero-order valence-electron chi connectivity index (χ0n) is 10.7. The molecule has 20 heavy (non-hydrogen) atoms. The zero-order chi connectivity index (χ0) is 15.0. The molecule has 5 nitrogen and oxygen atoms in total. The molecule has 0 aliphatic heterocycles. The molecule has 1 heterocycles. The van der Waals surface area contributed by atoms with Gasteiger partial charge in [-0.2, -0.15) is 0 Å². The number of carbonyl (C=O) groups excluding carboxylic acids is 1. The maximum atomic E-state index is 13.4. The van der Waals surface area contributed by atoms with Gasteiger partial charge in [0.2, 0.25) is 5.78 Å². The lowest BCUT2D eigenvalue weighted by atomic mass is 10.1. The highest BCUT2D eigenvalue weighted by atomic mass is 79.9. The molecule has 0 aliphatic carbocycles. The van der Waals surface area contributed by atoms with Gasteiger partial charge >= 0.3 is 5.69 Å². The first-order chi connectivity index (χ1) is 9.34. The number of rotatable bonds is 2. The van der Waals surface area contributed by atoms with Gasteiger partial charge in [-0.25, -0.2) is 9.18 Å². The average molecular weight is 341 g/mol. The number of benzene rings is 1. The number of ketones is 1. The molecule has 0 saturated carbocycles. The molecule has 0 amide bonds. The van der Waals surface area contributed by atoms with Crippen molar-refractivity contribution < 1.29 is 9.18 Å². The first-order valence-corrected chi connectivity index (χ1v) is 6.39. The van der Waals surface area contributed by atoms with Crippen LogP contribution < -0.4 is 11.2 Å². The van der Waals surface area contributed by atoms with Crippen molar-refractivity contribution in [1.82, 2.24) is 9.13 Å². The van der Waals surface area contributed by atoms with E-state index in [0.29, 0.717) is 0 Å². The van der Waals surface area contributed by atoms with E-state index in [9.17, 15) is 18.8 Å². The van der Waals surface area contributed by atoms with Gasteiger partial charge < -0.3 is 4.57 Å². The topological polar surface area (TPSA) is 61.1 Å². The molecule has 2 rings (SSSR count). The standard InChI is InChI=1S/C13H10BrFN2O3/c1-16-6-8(12(19)17(2)13(16)20)11(18)7-4-3-5-9(15)10(7)14/h3-6H,1-2H3. The molecule has 0 N–H and O–H groups in total. The lowest BCUT2D eigenvalue weighted by molar-refractivity contribution is 0.103. The lowest BCUT2D eigenvalue weighted by Gasteiger charge is -2.07. The summed E-state index contributed by atoms with van der Waals surface area (Å²) in [4.78, 5) is 35.9. The van der Waals surface area contributed by atoms with Crippen LogP contribution in [0.2, 0.25) is 0 Å². The van der Waals surface area contributed by atoms with Gasteiger partial charge in [-0.15, -0.1) is 0 Å². The second-order valence-corrected chi connectivity index (χ2v) is 5.02. The van der Waals surface area contributed by atoms with Crippen LogP contribution in [0.5, 0.6) is 0 Å². The molecule has 0 radical (unpaired) electrons. The second-order valence-electron chi connectivity index (χ2n) is 4.23. The van der Waals surface area contributed by atoms with Gasteiger partial charge in [0.15, 0.2) is 0 Å². The van der Waals surface area contributed by atoms with E-state index in [4.69, 9.17) is 0 Å². The molecular formula is C13H10BrFN2O3. The molecule has 0 fully saturated rings. The molecule has 0 unspecified atom stereocenters. The van der Waals surface area contributed by atoms with Crippen molar-refractivity contribution in [1.29, 1.82) is 0 Å². The molecular weight excluding hydrogens is 331 g/mol. The van der Waals surface area contributed by atoms with E-state index in [1.54, 1.807) is 0 Å². The maximum Gasteiger partial charge on any atom is 0.330 e. The van der Waals surface area contributed by atoms with Crippen molar-refractivity contribution in [2.45, 2.75) is 0 Å². The van der Waals surface area contributed by atoms with Crippen molar-refractivity contribution in [2.24, 2.45) is 14.1 Å². The Balaban J connectivity index is 2.70. The van der Waals surface area contributed by atoms with Crippen LogP contribution in [0.25, 0.3) is 0 Å². The van der Waals surface area contributed by atoms with Crippen LogP contribution in [0.1, 0.15) is 15.9 Å². The van der Waals surface area contributed by atoms with Gasteiger partial charge in [0.1, 0.15) is 11.4 Å². The van der Waals surface area contributed by atoms with Crippen LogP contribution in [0.4, 0.5) is 4.39 Å². The number of aromatic nitrogens is 2. The molecule has 1 aromatic heterocycles. The van der Waals surface area contributed by atoms with Gasteiger partial charge in [0.25, 0.3) is 5.56 Å². The summed E-state index contributed by atoms with van der Waals surface area (Å²) in [7, 11) is 2.71. The summed E-state index contributed by atoms with van der Waals surface area (Å²) in [6, 6.07) is 3.97. The highest BCUT2D eigenvalue weighted by Crippen LogP contribution is 2.22. The van der Waals surface area contributed by atoms with E-state index in [1.165, 1.54) is 32.3 Å². The van der Waals surface area contributed by atoms with Gasteiger partial charge in [-0.05, 0) is 28.1 Å². The van der Waals surface area contributed by atoms with Gasteiger partial charge in [-0.1, -0.05) is 6.07 Å². The zero-order valence-corrected chi connectivity index (χ0v) is 12.3. The number of halogens is 2. The van der Waals surface area contributed by atoms with Crippen LogP contribution in [0.15, 0.2) is 38.5 Å². The van der Waals surface area contributed by atoms with E-state index in [0.717, 1.165) is 15.3 Å². The fourth-order valence-electron chi connectivity index (χ4n) is 1.79. The average Bonchev–Trinajstić information content (AvgIpc) is 2.43. The van der Waals surface area contributed by atoms with Crippen molar-refractivity contribution >= 4 is 21.7 Å². The largest absolute Gasteiger partial charge is 0.330 e. The summed E-state index contributed by atoms with van der Waals surface area (Å²) in [5.41, 5.74) is -1.42. The first kappa shape index (κ1) is 14.4. The highest BCUT2D eigenvalue weighted by Gasteiger charge is 2.20. The Morgan fingerprint density at radius 3 is 2.50 bits per heavy atom. The minimum absolute atomic E-state index is 0.0130. The predicted octanol–water partition coefficient (Wildman–Crippen LogP) is 1.22. The summed E-state index contributed by atoms with van der Waals surface area (Å²) < 4.78 is 15.4. The molecule has 104 valence electrons. The number of hydrogen-bond donors (Lipinski definition) is 0.